The zero-order chi connectivity index (χ0) is 17.6. The average Bonchev–Trinajstić information content (AvgIpc) is 3.29. The monoisotopic (exact) mass is 343 g/mol. The van der Waals surface area contributed by atoms with Crippen molar-refractivity contribution >= 4 is 11.9 Å². The van der Waals surface area contributed by atoms with Crippen molar-refractivity contribution in [1.29, 1.82) is 0 Å². The number of aromatic nitrogens is 2. The standard InChI is InChI=1S/C18H21N3O4/c1-2-24-18(23)15-10-19-20-16(15)25-12-13-8-9-21(11-13)17(22)14-6-4-3-5-7-14/h3-7,10,13H,2,8-9,11-12H2,1H3,(H,19,20). The molecule has 7 heteroatoms. The molecule has 25 heavy (non-hydrogen) atoms. The van der Waals surface area contributed by atoms with Crippen LogP contribution in [0.25, 0.3) is 0 Å². The van der Waals surface area contributed by atoms with E-state index in [0.29, 0.717) is 37.7 Å². The highest BCUT2D eigenvalue weighted by Crippen LogP contribution is 2.21. The molecule has 1 saturated heterocycles. The van der Waals surface area contributed by atoms with Gasteiger partial charge in [-0.1, -0.05) is 18.2 Å². The molecule has 1 aliphatic rings. The number of carbonyl (C=O) groups excluding carboxylic acids is 2. The van der Waals surface area contributed by atoms with Crippen LogP contribution < -0.4 is 4.74 Å². The highest BCUT2D eigenvalue weighted by molar-refractivity contribution is 5.94. The molecular formula is C18H21N3O4. The fourth-order valence-corrected chi connectivity index (χ4v) is 2.86. The van der Waals surface area contributed by atoms with Crippen LogP contribution in [0.2, 0.25) is 0 Å². The van der Waals surface area contributed by atoms with Gasteiger partial charge in [-0.25, -0.2) is 9.89 Å². The Morgan fingerprint density at radius 2 is 2.12 bits per heavy atom. The van der Waals surface area contributed by atoms with Crippen LogP contribution in [0.3, 0.4) is 0 Å². The van der Waals surface area contributed by atoms with Crippen molar-refractivity contribution in [3.05, 3.63) is 47.7 Å². The highest BCUT2D eigenvalue weighted by Gasteiger charge is 2.28. The number of hydrogen-bond donors (Lipinski definition) is 1. The van der Waals surface area contributed by atoms with Crippen LogP contribution in [-0.4, -0.2) is 53.3 Å². The lowest BCUT2D eigenvalue weighted by Crippen LogP contribution is -2.29. The summed E-state index contributed by atoms with van der Waals surface area (Å²) in [5.74, 6) is 0.104. The summed E-state index contributed by atoms with van der Waals surface area (Å²) >= 11 is 0. The third-order valence-corrected chi connectivity index (χ3v) is 4.16. The first kappa shape index (κ1) is 17.0. The van der Waals surface area contributed by atoms with Crippen molar-refractivity contribution in [3.63, 3.8) is 0 Å². The topological polar surface area (TPSA) is 84.5 Å². The Balaban J connectivity index is 1.54. The molecule has 1 aromatic heterocycles. The van der Waals surface area contributed by atoms with Crippen LogP contribution >= 0.6 is 0 Å². The average molecular weight is 343 g/mol. The predicted octanol–water partition coefficient (Wildman–Crippen LogP) is 2.13. The van der Waals surface area contributed by atoms with E-state index in [1.54, 1.807) is 6.92 Å². The Hall–Kier alpha value is -2.83. The lowest BCUT2D eigenvalue weighted by Gasteiger charge is -2.16. The number of esters is 1. The fourth-order valence-electron chi connectivity index (χ4n) is 2.86. The van der Waals surface area contributed by atoms with Gasteiger partial charge in [0.15, 0.2) is 0 Å². The molecule has 0 bridgehead atoms. The van der Waals surface area contributed by atoms with Gasteiger partial charge in [-0.2, -0.15) is 5.10 Å². The van der Waals surface area contributed by atoms with Gasteiger partial charge in [0, 0.05) is 24.6 Å². The smallest absolute Gasteiger partial charge is 0.345 e. The number of H-pyrrole nitrogens is 1. The number of benzene rings is 1. The maximum atomic E-state index is 12.4. The van der Waals surface area contributed by atoms with E-state index in [-0.39, 0.29) is 17.4 Å². The number of nitrogens with one attached hydrogen (secondary N) is 1. The summed E-state index contributed by atoms with van der Waals surface area (Å²) in [6, 6.07) is 9.26. The summed E-state index contributed by atoms with van der Waals surface area (Å²) < 4.78 is 10.7. The summed E-state index contributed by atoms with van der Waals surface area (Å²) in [6.45, 7) is 3.79. The van der Waals surface area contributed by atoms with Crippen molar-refractivity contribution < 1.29 is 19.1 Å². The molecular weight excluding hydrogens is 322 g/mol. The molecule has 132 valence electrons. The second-order valence-corrected chi connectivity index (χ2v) is 5.92. The van der Waals surface area contributed by atoms with Crippen LogP contribution in [0.5, 0.6) is 5.88 Å². The second kappa shape index (κ2) is 7.83. The lowest BCUT2D eigenvalue weighted by atomic mass is 10.1. The van der Waals surface area contributed by atoms with Crippen molar-refractivity contribution in [2.75, 3.05) is 26.3 Å². The number of likely N-dealkylation sites (tertiary alicyclic amines) is 1. The zero-order valence-corrected chi connectivity index (χ0v) is 14.1. The van der Waals surface area contributed by atoms with Crippen LogP contribution in [0.15, 0.2) is 36.5 Å². The molecule has 1 aromatic carbocycles. The first-order valence-electron chi connectivity index (χ1n) is 8.36. The predicted molar refractivity (Wildman–Crippen MR) is 90.5 cm³/mol. The lowest BCUT2D eigenvalue weighted by molar-refractivity contribution is 0.0521. The van der Waals surface area contributed by atoms with E-state index < -0.39 is 5.97 Å². The summed E-state index contributed by atoms with van der Waals surface area (Å²) in [4.78, 5) is 26.1. The van der Waals surface area contributed by atoms with Gasteiger partial charge in [-0.3, -0.25) is 4.79 Å². The molecule has 1 amide bonds. The molecule has 2 heterocycles. The molecule has 2 aromatic rings. The number of carbonyl (C=O) groups is 2. The Morgan fingerprint density at radius 3 is 2.88 bits per heavy atom. The number of rotatable bonds is 6. The SMILES string of the molecule is CCOC(=O)c1cn[nH]c1OCC1CCN(C(=O)c2ccccc2)C1. The van der Waals surface area contributed by atoms with Gasteiger partial charge in [-0.05, 0) is 25.5 Å². The Bertz CT molecular complexity index is 729. The van der Waals surface area contributed by atoms with E-state index in [9.17, 15) is 9.59 Å². The van der Waals surface area contributed by atoms with Gasteiger partial charge in [0.1, 0.15) is 5.56 Å². The molecule has 7 nitrogen and oxygen atoms in total. The molecule has 1 N–H and O–H groups in total. The molecule has 0 aliphatic carbocycles. The van der Waals surface area contributed by atoms with E-state index in [2.05, 4.69) is 10.2 Å². The third-order valence-electron chi connectivity index (χ3n) is 4.16. The first-order chi connectivity index (χ1) is 12.2. The van der Waals surface area contributed by atoms with E-state index in [0.717, 1.165) is 6.42 Å². The van der Waals surface area contributed by atoms with Gasteiger partial charge < -0.3 is 14.4 Å². The largest absolute Gasteiger partial charge is 0.477 e. The van der Waals surface area contributed by atoms with Gasteiger partial charge in [0.05, 0.1) is 19.4 Å². The van der Waals surface area contributed by atoms with E-state index in [1.165, 1.54) is 6.20 Å². The van der Waals surface area contributed by atoms with Gasteiger partial charge in [-0.15, -0.1) is 0 Å². The van der Waals surface area contributed by atoms with Crippen LogP contribution in [0.1, 0.15) is 34.1 Å². The molecule has 1 atom stereocenters. The van der Waals surface area contributed by atoms with Crippen molar-refractivity contribution in [3.8, 4) is 5.88 Å². The summed E-state index contributed by atoms with van der Waals surface area (Å²) in [6.07, 6.45) is 2.26. The van der Waals surface area contributed by atoms with Gasteiger partial charge in [0.25, 0.3) is 5.91 Å². The zero-order valence-electron chi connectivity index (χ0n) is 14.1. The molecule has 3 rings (SSSR count). The van der Waals surface area contributed by atoms with Crippen LogP contribution in [0.4, 0.5) is 0 Å². The molecule has 1 unspecified atom stereocenters. The molecule has 1 fully saturated rings. The maximum Gasteiger partial charge on any atom is 0.345 e. The number of amides is 1. The Labute approximate surface area is 145 Å². The molecule has 0 spiro atoms. The fraction of sp³-hybridized carbons (Fsp3) is 0.389. The van der Waals surface area contributed by atoms with Crippen molar-refractivity contribution in [2.45, 2.75) is 13.3 Å². The first-order valence-corrected chi connectivity index (χ1v) is 8.36. The second-order valence-electron chi connectivity index (χ2n) is 5.92. The van der Waals surface area contributed by atoms with E-state index in [1.807, 2.05) is 35.2 Å². The van der Waals surface area contributed by atoms with Crippen LogP contribution in [0, 0.1) is 5.92 Å². The minimum atomic E-state index is -0.460. The van der Waals surface area contributed by atoms with E-state index in [4.69, 9.17) is 9.47 Å². The number of ether oxygens (including phenoxy) is 2. The Morgan fingerprint density at radius 1 is 1.32 bits per heavy atom. The normalized spacial score (nSPS) is 16.7. The van der Waals surface area contributed by atoms with Crippen LogP contribution in [-0.2, 0) is 4.74 Å². The van der Waals surface area contributed by atoms with Crippen molar-refractivity contribution in [2.24, 2.45) is 5.92 Å². The number of nitrogens with zero attached hydrogens (tertiary/aromatic N) is 2. The Kier molecular flexibility index (Phi) is 5.33. The molecule has 0 radical (unpaired) electrons. The van der Waals surface area contributed by atoms with E-state index >= 15 is 0 Å². The summed E-state index contributed by atoms with van der Waals surface area (Å²) in [5, 5.41) is 6.51. The maximum absolute atomic E-state index is 12.4. The quantitative estimate of drug-likeness (QED) is 0.812. The van der Waals surface area contributed by atoms with Gasteiger partial charge in [0.2, 0.25) is 5.88 Å². The van der Waals surface area contributed by atoms with Crippen molar-refractivity contribution in [1.82, 2.24) is 15.1 Å². The minimum Gasteiger partial charge on any atom is -0.477 e. The highest BCUT2D eigenvalue weighted by atomic mass is 16.5. The summed E-state index contributed by atoms with van der Waals surface area (Å²) in [7, 11) is 0. The number of hydrogen-bond acceptors (Lipinski definition) is 5. The van der Waals surface area contributed by atoms with Gasteiger partial charge >= 0.3 is 5.97 Å². The third kappa shape index (κ3) is 3.99. The summed E-state index contributed by atoms with van der Waals surface area (Å²) in [5.41, 5.74) is 0.985. The molecule has 0 saturated carbocycles. The molecule has 1 aliphatic heterocycles. The minimum absolute atomic E-state index is 0.0388. The number of aromatic amines is 1.